The quantitative estimate of drug-likeness (QED) is 0.535. The largest absolute Gasteiger partial charge is 0.490 e. The molecule has 1 aromatic rings. The smallest absolute Gasteiger partial charge is 0.200 e. The summed E-state index contributed by atoms with van der Waals surface area (Å²) in [4.78, 5) is 0. The highest BCUT2D eigenvalue weighted by molar-refractivity contribution is 7.80. The number of rotatable bonds is 6. The maximum Gasteiger partial charge on any atom is 0.200 e. The van der Waals surface area contributed by atoms with E-state index in [-0.39, 0.29) is 18.3 Å². The molecule has 0 amide bonds. The third-order valence-electron chi connectivity index (χ3n) is 6.77. The summed E-state index contributed by atoms with van der Waals surface area (Å²) in [5.74, 6) is 1.65. The monoisotopic (exact) mass is 382 g/mol. The Labute approximate surface area is 162 Å². The molecular weight excluding hydrogens is 350 g/mol. The minimum absolute atomic E-state index is 0.00155. The van der Waals surface area contributed by atoms with Crippen molar-refractivity contribution < 1.29 is 13.5 Å². The third kappa shape index (κ3) is 4.55. The van der Waals surface area contributed by atoms with Gasteiger partial charge in [-0.3, -0.25) is 0 Å². The Hall–Kier alpha value is -0.770. The van der Waals surface area contributed by atoms with Crippen molar-refractivity contribution in [2.45, 2.75) is 70.6 Å². The summed E-state index contributed by atoms with van der Waals surface area (Å²) in [6, 6.07) is 3.30. The summed E-state index contributed by atoms with van der Waals surface area (Å²) in [6.45, 7) is 2.59. The van der Waals surface area contributed by atoms with Crippen molar-refractivity contribution in [3.8, 4) is 5.75 Å². The van der Waals surface area contributed by atoms with Crippen molar-refractivity contribution >= 4 is 12.6 Å². The van der Waals surface area contributed by atoms with E-state index >= 15 is 0 Å². The first-order chi connectivity index (χ1) is 12.6. The van der Waals surface area contributed by atoms with Crippen LogP contribution < -0.4 is 4.74 Å². The number of hydrogen-bond acceptors (Lipinski definition) is 2. The zero-order valence-corrected chi connectivity index (χ0v) is 16.7. The highest BCUT2D eigenvalue weighted by Crippen LogP contribution is 2.45. The zero-order valence-electron chi connectivity index (χ0n) is 15.9. The number of halogens is 2. The molecule has 146 valence electrons. The highest BCUT2D eigenvalue weighted by Gasteiger charge is 2.32. The lowest BCUT2D eigenvalue weighted by molar-refractivity contribution is 0.158. The van der Waals surface area contributed by atoms with E-state index in [4.69, 9.17) is 4.74 Å². The lowest BCUT2D eigenvalue weighted by Gasteiger charge is -2.38. The highest BCUT2D eigenvalue weighted by atomic mass is 32.1. The molecular formula is C22H32F2OS. The van der Waals surface area contributed by atoms with Crippen molar-refractivity contribution in [3.63, 3.8) is 0 Å². The van der Waals surface area contributed by atoms with Crippen molar-refractivity contribution in [1.29, 1.82) is 0 Å². The van der Waals surface area contributed by atoms with Gasteiger partial charge in [0.2, 0.25) is 5.82 Å². The predicted molar refractivity (Wildman–Crippen MR) is 106 cm³/mol. The summed E-state index contributed by atoms with van der Waals surface area (Å²) in [5.41, 5.74) is 0.536. The Morgan fingerprint density at radius 1 is 0.923 bits per heavy atom. The second-order valence-electron chi connectivity index (χ2n) is 8.15. The van der Waals surface area contributed by atoms with E-state index < -0.39 is 11.6 Å². The maximum absolute atomic E-state index is 14.5. The SMILES string of the molecule is CCC1CCC(C2CCC(c3ccc(OCCS)c(F)c3F)CC2)CC1. The standard InChI is InChI=1S/C22H32F2OS/c1-2-15-3-5-16(6-4-15)17-7-9-18(10-8-17)19-11-12-20(25-13-14-26)22(24)21(19)23/h11-12,15-18,26H,2-10,13-14H2,1H3. The number of thiol groups is 1. The van der Waals surface area contributed by atoms with E-state index in [2.05, 4.69) is 19.6 Å². The molecule has 0 aliphatic heterocycles. The average molecular weight is 383 g/mol. The summed E-state index contributed by atoms with van der Waals surface area (Å²) in [5, 5.41) is 0. The average Bonchev–Trinajstić information content (AvgIpc) is 2.69. The van der Waals surface area contributed by atoms with Gasteiger partial charge in [0.05, 0.1) is 6.61 Å². The second-order valence-corrected chi connectivity index (χ2v) is 8.60. The minimum atomic E-state index is -0.843. The fraction of sp³-hybridized carbons (Fsp3) is 0.727. The van der Waals surface area contributed by atoms with Gasteiger partial charge >= 0.3 is 0 Å². The van der Waals surface area contributed by atoms with Crippen LogP contribution in [0.5, 0.6) is 5.75 Å². The molecule has 0 spiro atoms. The molecule has 2 aliphatic carbocycles. The van der Waals surface area contributed by atoms with Crippen LogP contribution in [0.25, 0.3) is 0 Å². The maximum atomic E-state index is 14.5. The van der Waals surface area contributed by atoms with Gasteiger partial charge in [0.1, 0.15) is 0 Å². The van der Waals surface area contributed by atoms with Gasteiger partial charge in [-0.25, -0.2) is 4.39 Å². The van der Waals surface area contributed by atoms with Crippen LogP contribution in [-0.4, -0.2) is 12.4 Å². The lowest BCUT2D eigenvalue weighted by atomic mass is 9.68. The summed E-state index contributed by atoms with van der Waals surface area (Å²) in [6.07, 6.45) is 11.1. The topological polar surface area (TPSA) is 9.23 Å². The zero-order chi connectivity index (χ0) is 18.5. The van der Waals surface area contributed by atoms with Crippen LogP contribution in [0.3, 0.4) is 0 Å². The first kappa shape index (κ1) is 20.0. The molecule has 2 fully saturated rings. The van der Waals surface area contributed by atoms with Gasteiger partial charge in [-0.05, 0) is 73.8 Å². The molecule has 4 heteroatoms. The molecule has 0 N–H and O–H groups in total. The van der Waals surface area contributed by atoms with Gasteiger partial charge in [-0.15, -0.1) is 0 Å². The molecule has 1 nitrogen and oxygen atoms in total. The van der Waals surface area contributed by atoms with Gasteiger partial charge in [0.25, 0.3) is 0 Å². The normalized spacial score (nSPS) is 29.5. The van der Waals surface area contributed by atoms with Crippen LogP contribution in [0.2, 0.25) is 0 Å². The van der Waals surface area contributed by atoms with Gasteiger partial charge in [-0.2, -0.15) is 17.0 Å². The third-order valence-corrected chi connectivity index (χ3v) is 6.96. The molecule has 2 aliphatic rings. The minimum Gasteiger partial charge on any atom is -0.490 e. The van der Waals surface area contributed by atoms with Crippen LogP contribution in [0.15, 0.2) is 12.1 Å². The van der Waals surface area contributed by atoms with Crippen LogP contribution in [0.4, 0.5) is 8.78 Å². The molecule has 1 aromatic carbocycles. The van der Waals surface area contributed by atoms with E-state index in [0.29, 0.717) is 11.3 Å². The van der Waals surface area contributed by atoms with Crippen molar-refractivity contribution in [2.24, 2.45) is 17.8 Å². The van der Waals surface area contributed by atoms with Crippen LogP contribution >= 0.6 is 12.6 Å². The predicted octanol–water partition coefficient (Wildman–Crippen LogP) is 6.76. The van der Waals surface area contributed by atoms with Crippen molar-refractivity contribution in [1.82, 2.24) is 0 Å². The van der Waals surface area contributed by atoms with Crippen LogP contribution in [0, 0.1) is 29.4 Å². The van der Waals surface area contributed by atoms with E-state index in [1.807, 2.05) is 0 Å². The Morgan fingerprint density at radius 2 is 1.54 bits per heavy atom. The number of hydrogen-bond donors (Lipinski definition) is 1. The first-order valence-corrected chi connectivity index (χ1v) is 11.0. The molecule has 26 heavy (non-hydrogen) atoms. The van der Waals surface area contributed by atoms with E-state index in [1.54, 1.807) is 12.1 Å². The second kappa shape index (κ2) is 9.43. The fourth-order valence-corrected chi connectivity index (χ4v) is 5.19. The Bertz CT molecular complexity index is 576. The summed E-state index contributed by atoms with van der Waals surface area (Å²) >= 11 is 4.04. The number of ether oxygens (including phenoxy) is 1. The Balaban J connectivity index is 1.57. The molecule has 0 radical (unpaired) electrons. The Kier molecular flexibility index (Phi) is 7.25. The molecule has 2 saturated carbocycles. The molecule has 0 heterocycles. The van der Waals surface area contributed by atoms with Gasteiger partial charge < -0.3 is 4.74 Å². The molecule has 3 rings (SSSR count). The fourth-order valence-electron chi connectivity index (χ4n) is 5.10. The number of benzene rings is 1. The first-order valence-electron chi connectivity index (χ1n) is 10.4. The molecule has 0 saturated heterocycles. The molecule has 0 atom stereocenters. The van der Waals surface area contributed by atoms with Gasteiger partial charge in [0, 0.05) is 5.75 Å². The van der Waals surface area contributed by atoms with Gasteiger partial charge in [-0.1, -0.05) is 32.3 Å². The van der Waals surface area contributed by atoms with Crippen LogP contribution in [-0.2, 0) is 0 Å². The van der Waals surface area contributed by atoms with Crippen molar-refractivity contribution in [2.75, 3.05) is 12.4 Å². The summed E-state index contributed by atoms with van der Waals surface area (Å²) in [7, 11) is 0. The lowest BCUT2D eigenvalue weighted by Crippen LogP contribution is -2.25. The molecule has 0 unspecified atom stereocenters. The van der Waals surface area contributed by atoms with E-state index in [0.717, 1.165) is 43.4 Å². The van der Waals surface area contributed by atoms with E-state index in [1.165, 1.54) is 32.1 Å². The molecule has 0 aromatic heterocycles. The van der Waals surface area contributed by atoms with Crippen LogP contribution in [0.1, 0.15) is 76.2 Å². The van der Waals surface area contributed by atoms with Gasteiger partial charge in [0.15, 0.2) is 11.6 Å². The van der Waals surface area contributed by atoms with E-state index in [9.17, 15) is 8.78 Å². The summed E-state index contributed by atoms with van der Waals surface area (Å²) < 4.78 is 34.0. The Morgan fingerprint density at radius 3 is 2.12 bits per heavy atom. The van der Waals surface area contributed by atoms with Crippen molar-refractivity contribution in [3.05, 3.63) is 29.3 Å². The molecule has 0 bridgehead atoms.